The third kappa shape index (κ3) is 6.38. The Hall–Kier alpha value is -4.96. The molecule has 0 unspecified atom stereocenters. The monoisotopic (exact) mass is 670 g/mol. The number of H-pyrrole nitrogens is 1. The van der Waals surface area contributed by atoms with Gasteiger partial charge in [-0.25, -0.2) is 19.5 Å². The predicted octanol–water partition coefficient (Wildman–Crippen LogP) is 4.37. The van der Waals surface area contributed by atoms with Crippen LogP contribution in [-0.2, 0) is 19.2 Å². The van der Waals surface area contributed by atoms with Crippen LogP contribution in [0.1, 0.15) is 11.3 Å². The fourth-order valence-electron chi connectivity index (χ4n) is 5.33. The minimum absolute atomic E-state index is 0.00185. The van der Waals surface area contributed by atoms with Crippen LogP contribution in [0.25, 0.3) is 38.0 Å². The van der Waals surface area contributed by atoms with E-state index < -0.39 is 16.0 Å². The second-order valence-electron chi connectivity index (χ2n) is 11.0. The molecule has 5 heterocycles. The first-order valence-corrected chi connectivity index (χ1v) is 17.1. The number of piperazine rings is 1. The molecule has 13 nitrogen and oxygen atoms in total. The molecule has 1 aliphatic rings. The highest BCUT2D eigenvalue weighted by atomic mass is 32.2. The lowest BCUT2D eigenvalue weighted by molar-refractivity contribution is -0.164. The van der Waals surface area contributed by atoms with Crippen LogP contribution in [0.5, 0.6) is 5.75 Å². The number of rotatable bonds is 10. The van der Waals surface area contributed by atoms with E-state index in [-0.39, 0.29) is 18.0 Å². The number of carbonyl (C=O) groups is 1. The van der Waals surface area contributed by atoms with Gasteiger partial charge in [-0.2, -0.15) is 18.6 Å². The van der Waals surface area contributed by atoms with Gasteiger partial charge in [0.25, 0.3) is 5.91 Å². The van der Waals surface area contributed by atoms with Crippen molar-refractivity contribution in [3.63, 3.8) is 0 Å². The largest absolute Gasteiger partial charge is 0.492 e. The number of aromatic amines is 1. The van der Waals surface area contributed by atoms with Crippen molar-refractivity contribution in [2.24, 2.45) is 0 Å². The van der Waals surface area contributed by atoms with Crippen LogP contribution >= 0.6 is 11.3 Å². The molecule has 15 heteroatoms. The Morgan fingerprint density at radius 2 is 1.83 bits per heavy atom. The average Bonchev–Trinajstić information content (AvgIpc) is 3.81. The number of ether oxygens (including phenoxy) is 1. The summed E-state index contributed by atoms with van der Waals surface area (Å²) in [5.74, 6) is 0.853. The molecule has 0 atom stereocenters. The molecule has 0 spiro atoms. The summed E-state index contributed by atoms with van der Waals surface area (Å²) in [5.41, 5.74) is 5.26. The van der Waals surface area contributed by atoms with Gasteiger partial charge < -0.3 is 4.74 Å². The van der Waals surface area contributed by atoms with Crippen molar-refractivity contribution < 1.29 is 22.2 Å². The number of carbonyl (C=O) groups excluding carboxylic acids is 1. The number of thiazole rings is 1. The van der Waals surface area contributed by atoms with Gasteiger partial charge in [-0.05, 0) is 32.0 Å². The van der Waals surface area contributed by atoms with Gasteiger partial charge >= 0.3 is 10.1 Å². The summed E-state index contributed by atoms with van der Waals surface area (Å²) in [5, 5.41) is 13.4. The molecule has 6 aromatic rings. The second-order valence-corrected chi connectivity index (χ2v) is 13.5. The van der Waals surface area contributed by atoms with Crippen LogP contribution in [0.3, 0.4) is 0 Å². The zero-order valence-corrected chi connectivity index (χ0v) is 27.2. The van der Waals surface area contributed by atoms with Crippen LogP contribution in [0, 0.1) is 13.8 Å². The summed E-state index contributed by atoms with van der Waals surface area (Å²) in [6, 6.07) is 20.0. The molecule has 1 N–H and O–H groups in total. The van der Waals surface area contributed by atoms with Gasteiger partial charge in [0.05, 0.1) is 45.3 Å². The highest BCUT2D eigenvalue weighted by molar-refractivity contribution is 7.86. The van der Waals surface area contributed by atoms with Crippen molar-refractivity contribution in [1.82, 2.24) is 39.7 Å². The Morgan fingerprint density at radius 1 is 1.02 bits per heavy atom. The molecule has 1 fully saturated rings. The highest BCUT2D eigenvalue weighted by Crippen LogP contribution is 2.41. The summed E-state index contributed by atoms with van der Waals surface area (Å²) in [6.07, 6.45) is 3.33. The zero-order valence-electron chi connectivity index (χ0n) is 25.5. The standard InChI is InChI=1S/C32H30N8O5S2/c1-21-8-10-25(11-9-21)47(42,43)45-40-15-14-38(19-27(40)41)16-17-44-24-12-13-39-26(18-24)28(22(2)37-39)32-35-29(23-6-4-3-5-7-23)30(46-32)31-33-20-34-36-31/h3-13,18,20H,14-17,19H2,1-2H3,(H,33,34,36). The smallest absolute Gasteiger partial charge is 0.317 e. The topological polar surface area (TPSA) is 148 Å². The third-order valence-corrected chi connectivity index (χ3v) is 10.0. The molecular weight excluding hydrogens is 641 g/mol. The van der Waals surface area contributed by atoms with Crippen molar-refractivity contribution in [1.29, 1.82) is 0 Å². The number of fused-ring (bicyclic) bond motifs is 1. The molecule has 240 valence electrons. The van der Waals surface area contributed by atoms with Crippen LogP contribution < -0.4 is 4.74 Å². The Bertz CT molecular complexity index is 2150. The van der Waals surface area contributed by atoms with E-state index in [1.54, 1.807) is 16.6 Å². The first kappa shape index (κ1) is 30.7. The maximum Gasteiger partial charge on any atom is 0.317 e. The maximum absolute atomic E-state index is 12.7. The molecule has 2 aromatic carbocycles. The highest BCUT2D eigenvalue weighted by Gasteiger charge is 2.30. The lowest BCUT2D eigenvalue weighted by Gasteiger charge is -2.32. The van der Waals surface area contributed by atoms with E-state index in [4.69, 9.17) is 19.1 Å². The molecule has 1 aliphatic heterocycles. The van der Waals surface area contributed by atoms with Crippen LogP contribution in [0.15, 0.2) is 84.1 Å². The number of nitrogens with one attached hydrogen (secondary N) is 1. The summed E-state index contributed by atoms with van der Waals surface area (Å²) < 4.78 is 38.4. The maximum atomic E-state index is 12.7. The van der Waals surface area contributed by atoms with Crippen molar-refractivity contribution >= 4 is 32.9 Å². The van der Waals surface area contributed by atoms with Gasteiger partial charge in [0.2, 0.25) is 0 Å². The summed E-state index contributed by atoms with van der Waals surface area (Å²) in [4.78, 5) is 24.9. The second kappa shape index (κ2) is 12.7. The zero-order chi connectivity index (χ0) is 32.5. The van der Waals surface area contributed by atoms with Gasteiger partial charge in [-0.1, -0.05) is 48.0 Å². The SMILES string of the molecule is Cc1ccc(S(=O)(=O)ON2CCN(CCOc3ccn4nc(C)c(-c5nc(-c6ccccc6)c(-c6ncn[nH]6)s5)c4c3)CC2=O)cc1. The van der Waals surface area contributed by atoms with Crippen molar-refractivity contribution in [3.8, 4) is 38.3 Å². The van der Waals surface area contributed by atoms with E-state index >= 15 is 0 Å². The van der Waals surface area contributed by atoms with E-state index in [0.29, 0.717) is 31.3 Å². The third-order valence-electron chi connectivity index (χ3n) is 7.73. The number of hydrogen-bond donors (Lipinski definition) is 1. The molecule has 1 amide bonds. The summed E-state index contributed by atoms with van der Waals surface area (Å²) in [7, 11) is -4.10. The number of hydrogen-bond acceptors (Lipinski definition) is 11. The van der Waals surface area contributed by atoms with Crippen molar-refractivity contribution in [2.45, 2.75) is 18.7 Å². The number of nitrogens with zero attached hydrogens (tertiary/aromatic N) is 7. The Morgan fingerprint density at radius 3 is 2.57 bits per heavy atom. The number of aromatic nitrogens is 6. The van der Waals surface area contributed by atoms with Crippen molar-refractivity contribution in [3.05, 3.63) is 90.5 Å². The number of pyridine rings is 1. The van der Waals surface area contributed by atoms with E-state index in [1.165, 1.54) is 29.8 Å². The van der Waals surface area contributed by atoms with E-state index in [1.807, 2.05) is 67.4 Å². The number of amides is 1. The summed E-state index contributed by atoms with van der Waals surface area (Å²) >= 11 is 1.51. The lowest BCUT2D eigenvalue weighted by Crippen LogP contribution is -2.51. The molecule has 7 rings (SSSR count). The van der Waals surface area contributed by atoms with Gasteiger partial charge in [0.1, 0.15) is 23.7 Å². The molecule has 1 saturated heterocycles. The molecule has 4 aromatic heterocycles. The molecule has 0 bridgehead atoms. The minimum atomic E-state index is -4.10. The minimum Gasteiger partial charge on any atom is -0.492 e. The van der Waals surface area contributed by atoms with Crippen molar-refractivity contribution in [2.75, 3.05) is 32.8 Å². The number of benzene rings is 2. The molecule has 0 saturated carbocycles. The Balaban J connectivity index is 1.03. The fourth-order valence-corrected chi connectivity index (χ4v) is 7.42. The quantitative estimate of drug-likeness (QED) is 0.223. The fraction of sp³-hybridized carbons (Fsp3) is 0.219. The molecule has 0 aliphatic carbocycles. The lowest BCUT2D eigenvalue weighted by atomic mass is 10.1. The van der Waals surface area contributed by atoms with Gasteiger partial charge in [-0.15, -0.1) is 15.6 Å². The first-order chi connectivity index (χ1) is 22.7. The van der Waals surface area contributed by atoms with Gasteiger partial charge in [0, 0.05) is 30.9 Å². The van der Waals surface area contributed by atoms with Crippen LogP contribution in [0.4, 0.5) is 0 Å². The number of hydroxylamine groups is 2. The molecule has 0 radical (unpaired) electrons. The van der Waals surface area contributed by atoms with E-state index in [0.717, 1.165) is 48.5 Å². The Labute approximate surface area is 274 Å². The number of aryl methyl sites for hydroxylation is 2. The first-order valence-electron chi connectivity index (χ1n) is 14.8. The van der Waals surface area contributed by atoms with Crippen LogP contribution in [0.2, 0.25) is 0 Å². The van der Waals surface area contributed by atoms with Gasteiger partial charge in [0.15, 0.2) is 5.82 Å². The Kier molecular flexibility index (Phi) is 8.28. The summed E-state index contributed by atoms with van der Waals surface area (Å²) in [6.45, 7) is 5.16. The van der Waals surface area contributed by atoms with E-state index in [9.17, 15) is 13.2 Å². The normalized spacial score (nSPS) is 14.3. The average molecular weight is 671 g/mol. The van der Waals surface area contributed by atoms with Crippen LogP contribution in [-0.4, -0.2) is 86.9 Å². The molecular formula is C32H30N8O5S2. The van der Waals surface area contributed by atoms with E-state index in [2.05, 4.69) is 15.2 Å². The predicted molar refractivity (Wildman–Crippen MR) is 175 cm³/mol. The van der Waals surface area contributed by atoms with Gasteiger partial charge in [-0.3, -0.25) is 14.8 Å². The molecule has 47 heavy (non-hydrogen) atoms.